The highest BCUT2D eigenvalue weighted by Crippen LogP contribution is 2.49. The number of aryl methyl sites for hydroxylation is 1. The van der Waals surface area contributed by atoms with Crippen molar-refractivity contribution in [2.45, 2.75) is 18.9 Å². The average molecular weight is 627 g/mol. The van der Waals surface area contributed by atoms with E-state index >= 15 is 0 Å². The molecule has 0 saturated heterocycles. The quantitative estimate of drug-likeness (QED) is 0.189. The van der Waals surface area contributed by atoms with Crippen molar-refractivity contribution in [3.63, 3.8) is 0 Å². The van der Waals surface area contributed by atoms with E-state index in [0.29, 0.717) is 5.92 Å². The molecule has 0 radical (unpaired) electrons. The molecule has 2 aliphatic rings. The van der Waals surface area contributed by atoms with Gasteiger partial charge in [-0.25, -0.2) is 0 Å². The third-order valence-corrected chi connectivity index (χ3v) is 10.6. The topological polar surface area (TPSA) is 8.17 Å². The molecule has 49 heavy (non-hydrogen) atoms. The summed E-state index contributed by atoms with van der Waals surface area (Å²) in [5.41, 5.74) is 13.9. The van der Waals surface area contributed by atoms with E-state index in [0.717, 1.165) is 0 Å². The molecule has 2 unspecified atom stereocenters. The maximum atomic E-state index is 2.52. The van der Waals surface area contributed by atoms with E-state index in [2.05, 4.69) is 192 Å². The van der Waals surface area contributed by atoms with Crippen molar-refractivity contribution in [1.82, 2.24) is 4.57 Å². The molecule has 10 rings (SSSR count). The lowest BCUT2D eigenvalue weighted by Gasteiger charge is -2.29. The molecule has 0 saturated carbocycles. The number of hydrogen-bond acceptors (Lipinski definition) is 1. The molecule has 0 amide bonds. The number of benzene rings is 7. The standard InChI is InChI=1S/C47H34N2/c1-31-27-34(35-21-25-46-42(29-35)40-15-7-9-17-44(40)48(46)37-13-3-2-4-14-37)20-24-39(31)36-22-26-47-43(30-36)41-16-8-10-18-45(41)49(47)38-23-19-32-11-5-6-12-33(32)28-38/h2-30,41,45H,1H3. The third kappa shape index (κ3) is 4.41. The molecule has 0 fully saturated rings. The molecule has 1 aliphatic carbocycles. The first-order chi connectivity index (χ1) is 24.2. The summed E-state index contributed by atoms with van der Waals surface area (Å²) in [6.45, 7) is 2.25. The van der Waals surface area contributed by atoms with E-state index in [4.69, 9.17) is 0 Å². The number of allylic oxidation sites excluding steroid dienone is 2. The Bertz CT molecular complexity index is 2640. The maximum Gasteiger partial charge on any atom is 0.0629 e. The van der Waals surface area contributed by atoms with Crippen molar-refractivity contribution in [2.24, 2.45) is 0 Å². The molecule has 232 valence electrons. The van der Waals surface area contributed by atoms with Crippen molar-refractivity contribution in [1.29, 1.82) is 0 Å². The van der Waals surface area contributed by atoms with Gasteiger partial charge < -0.3 is 9.47 Å². The molecule has 0 bridgehead atoms. The predicted molar refractivity (Wildman–Crippen MR) is 207 cm³/mol. The first-order valence-corrected chi connectivity index (χ1v) is 17.2. The average Bonchev–Trinajstić information content (AvgIpc) is 3.67. The Morgan fingerprint density at radius 1 is 0.490 bits per heavy atom. The molecule has 2 heteroatoms. The minimum atomic E-state index is 0.266. The zero-order valence-corrected chi connectivity index (χ0v) is 27.3. The molecular formula is C47H34N2. The number of fused-ring (bicyclic) bond motifs is 7. The zero-order chi connectivity index (χ0) is 32.5. The fourth-order valence-corrected chi connectivity index (χ4v) is 8.31. The highest BCUT2D eigenvalue weighted by atomic mass is 15.2. The molecule has 7 aromatic carbocycles. The fourth-order valence-electron chi connectivity index (χ4n) is 8.31. The zero-order valence-electron chi connectivity index (χ0n) is 27.3. The Labute approximate surface area is 286 Å². The van der Waals surface area contributed by atoms with E-state index in [9.17, 15) is 0 Å². The number of para-hydroxylation sites is 2. The van der Waals surface area contributed by atoms with Gasteiger partial charge in [-0.1, -0.05) is 121 Å². The van der Waals surface area contributed by atoms with E-state index in [1.807, 2.05) is 0 Å². The number of aromatic nitrogens is 1. The van der Waals surface area contributed by atoms with Gasteiger partial charge in [-0.3, -0.25) is 0 Å². The second-order valence-electron chi connectivity index (χ2n) is 13.4. The van der Waals surface area contributed by atoms with Crippen LogP contribution in [-0.4, -0.2) is 10.6 Å². The summed E-state index contributed by atoms with van der Waals surface area (Å²) < 4.78 is 2.37. The number of rotatable bonds is 4. The van der Waals surface area contributed by atoms with Gasteiger partial charge in [0.05, 0.1) is 17.1 Å². The smallest absolute Gasteiger partial charge is 0.0629 e. The molecule has 8 aromatic rings. The number of nitrogens with zero attached hydrogens (tertiary/aromatic N) is 2. The summed E-state index contributed by atoms with van der Waals surface area (Å²) in [7, 11) is 0. The Morgan fingerprint density at radius 3 is 2.12 bits per heavy atom. The largest absolute Gasteiger partial charge is 0.333 e. The minimum Gasteiger partial charge on any atom is -0.333 e. The first-order valence-electron chi connectivity index (χ1n) is 17.2. The van der Waals surface area contributed by atoms with Crippen LogP contribution in [0.4, 0.5) is 11.4 Å². The van der Waals surface area contributed by atoms with Gasteiger partial charge in [-0.15, -0.1) is 0 Å². The first kappa shape index (κ1) is 27.9. The Hall–Kier alpha value is -6.12. The summed E-state index contributed by atoms with van der Waals surface area (Å²) in [5, 5.41) is 5.10. The maximum absolute atomic E-state index is 2.52. The summed E-state index contributed by atoms with van der Waals surface area (Å²) in [5.74, 6) is 0.316. The van der Waals surface area contributed by atoms with Crippen LogP contribution in [0.2, 0.25) is 0 Å². The molecule has 2 heterocycles. The second kappa shape index (κ2) is 11.0. The van der Waals surface area contributed by atoms with Gasteiger partial charge in [0.1, 0.15) is 0 Å². The summed E-state index contributed by atoms with van der Waals surface area (Å²) >= 11 is 0. The lowest BCUT2D eigenvalue weighted by Crippen LogP contribution is -2.28. The van der Waals surface area contributed by atoms with E-state index in [1.54, 1.807) is 0 Å². The van der Waals surface area contributed by atoms with Gasteiger partial charge in [-0.2, -0.15) is 0 Å². The van der Waals surface area contributed by atoms with Gasteiger partial charge in [0.2, 0.25) is 0 Å². The van der Waals surface area contributed by atoms with Crippen LogP contribution in [0.15, 0.2) is 176 Å². The Morgan fingerprint density at radius 2 is 1.22 bits per heavy atom. The lowest BCUT2D eigenvalue weighted by molar-refractivity contribution is 0.745. The van der Waals surface area contributed by atoms with Gasteiger partial charge in [0.15, 0.2) is 0 Å². The number of hydrogen-bond donors (Lipinski definition) is 0. The summed E-state index contributed by atoms with van der Waals surface area (Å²) in [6, 6.07) is 56.1. The molecule has 1 aromatic heterocycles. The van der Waals surface area contributed by atoms with Crippen LogP contribution in [0, 0.1) is 6.92 Å². The molecule has 1 aliphatic heterocycles. The van der Waals surface area contributed by atoms with Crippen LogP contribution in [0.1, 0.15) is 17.0 Å². The van der Waals surface area contributed by atoms with Crippen LogP contribution in [-0.2, 0) is 0 Å². The molecule has 2 atom stereocenters. The molecular weight excluding hydrogens is 593 g/mol. The van der Waals surface area contributed by atoms with Crippen molar-refractivity contribution in [3.8, 4) is 27.9 Å². The van der Waals surface area contributed by atoms with E-state index in [-0.39, 0.29) is 6.04 Å². The van der Waals surface area contributed by atoms with Crippen LogP contribution in [0.5, 0.6) is 0 Å². The van der Waals surface area contributed by atoms with Crippen LogP contribution in [0.25, 0.3) is 60.5 Å². The molecule has 0 spiro atoms. The monoisotopic (exact) mass is 626 g/mol. The highest BCUT2D eigenvalue weighted by Gasteiger charge is 2.37. The van der Waals surface area contributed by atoms with Gasteiger partial charge in [-0.05, 0) is 106 Å². The van der Waals surface area contributed by atoms with E-state index in [1.165, 1.54) is 83.0 Å². The van der Waals surface area contributed by atoms with Crippen LogP contribution >= 0.6 is 0 Å². The Balaban J connectivity index is 1.03. The third-order valence-electron chi connectivity index (χ3n) is 10.6. The molecule has 0 N–H and O–H groups in total. The van der Waals surface area contributed by atoms with Crippen molar-refractivity contribution in [3.05, 3.63) is 187 Å². The van der Waals surface area contributed by atoms with E-state index < -0.39 is 0 Å². The van der Waals surface area contributed by atoms with Gasteiger partial charge >= 0.3 is 0 Å². The van der Waals surface area contributed by atoms with Crippen molar-refractivity contribution < 1.29 is 0 Å². The van der Waals surface area contributed by atoms with Crippen LogP contribution < -0.4 is 4.90 Å². The SMILES string of the molecule is Cc1cc(-c2ccc3c(c2)c2ccccc2n3-c2ccccc2)ccc1-c1ccc2c(c1)C1C=CC=CC1N2c1ccc2ccccc2c1. The van der Waals surface area contributed by atoms with Crippen molar-refractivity contribution >= 4 is 44.0 Å². The highest BCUT2D eigenvalue weighted by molar-refractivity contribution is 6.10. The summed E-state index contributed by atoms with van der Waals surface area (Å²) in [4.78, 5) is 2.52. The fraction of sp³-hybridized carbons (Fsp3) is 0.0638. The van der Waals surface area contributed by atoms with Crippen LogP contribution in [0.3, 0.4) is 0 Å². The Kier molecular flexibility index (Phi) is 6.25. The summed E-state index contributed by atoms with van der Waals surface area (Å²) in [6.07, 6.45) is 9.13. The van der Waals surface area contributed by atoms with Gasteiger partial charge in [0, 0.05) is 33.8 Å². The lowest BCUT2D eigenvalue weighted by atomic mass is 9.88. The van der Waals surface area contributed by atoms with Gasteiger partial charge in [0.25, 0.3) is 0 Å². The predicted octanol–water partition coefficient (Wildman–Crippen LogP) is 12.3. The minimum absolute atomic E-state index is 0.266. The normalized spacial score (nSPS) is 16.5. The molecule has 2 nitrogen and oxygen atoms in total. The number of anilines is 2. The van der Waals surface area contributed by atoms with Crippen molar-refractivity contribution in [2.75, 3.05) is 4.90 Å². The second-order valence-corrected chi connectivity index (χ2v) is 13.4.